The summed E-state index contributed by atoms with van der Waals surface area (Å²) in [7, 11) is 0. The van der Waals surface area contributed by atoms with Gasteiger partial charge in [0.15, 0.2) is 5.78 Å². The van der Waals surface area contributed by atoms with Crippen LogP contribution in [0.5, 0.6) is 0 Å². The van der Waals surface area contributed by atoms with Gasteiger partial charge in [0.1, 0.15) is 5.82 Å². The Hall–Kier alpha value is -1.71. The summed E-state index contributed by atoms with van der Waals surface area (Å²) in [5, 5.41) is 3.52. The third-order valence-corrected chi connectivity index (χ3v) is 3.91. The molecule has 0 atom stereocenters. The highest BCUT2D eigenvalue weighted by molar-refractivity contribution is 6.31. The van der Waals surface area contributed by atoms with Gasteiger partial charge in [-0.3, -0.25) is 4.79 Å². The number of rotatable bonds is 3. The molecule has 0 radical (unpaired) electrons. The van der Waals surface area contributed by atoms with Crippen LogP contribution in [0, 0.1) is 5.82 Å². The number of fused-ring (bicyclic) bond motifs is 1. The van der Waals surface area contributed by atoms with E-state index < -0.39 is 5.82 Å². The Kier molecular flexibility index (Phi) is 3.55. The minimum Gasteiger partial charge on any atom is -0.309 e. The van der Waals surface area contributed by atoms with Gasteiger partial charge in [0.2, 0.25) is 0 Å². The first kappa shape index (κ1) is 13.3. The van der Waals surface area contributed by atoms with Crippen LogP contribution in [0.25, 0.3) is 0 Å². The summed E-state index contributed by atoms with van der Waals surface area (Å²) in [5.74, 6) is -0.555. The number of hydrogen-bond acceptors (Lipinski definition) is 2. The number of halogens is 2. The lowest BCUT2D eigenvalue weighted by Gasteiger charge is -2.07. The van der Waals surface area contributed by atoms with E-state index in [2.05, 4.69) is 5.32 Å². The third-order valence-electron chi connectivity index (χ3n) is 3.56. The van der Waals surface area contributed by atoms with Crippen molar-refractivity contribution in [2.24, 2.45) is 0 Å². The molecule has 1 N–H and O–H groups in total. The molecular weight excluding hydrogens is 277 g/mol. The number of carbonyl (C=O) groups is 1. The molecule has 0 saturated heterocycles. The highest BCUT2D eigenvalue weighted by Gasteiger charge is 2.16. The molecule has 1 aliphatic heterocycles. The van der Waals surface area contributed by atoms with E-state index in [0.717, 1.165) is 18.7 Å². The molecule has 1 heterocycles. The van der Waals surface area contributed by atoms with Crippen molar-refractivity contribution in [1.82, 2.24) is 5.32 Å². The van der Waals surface area contributed by atoms with Gasteiger partial charge < -0.3 is 5.32 Å². The molecule has 0 saturated carbocycles. The first-order valence-corrected chi connectivity index (χ1v) is 6.81. The number of hydrogen-bond donors (Lipinski definition) is 1. The quantitative estimate of drug-likeness (QED) is 0.876. The van der Waals surface area contributed by atoms with Crippen molar-refractivity contribution in [3.05, 3.63) is 69.5 Å². The number of Topliss-reactive ketones (excluding diaryl/α,β-unsaturated/α-hetero) is 1. The summed E-state index contributed by atoms with van der Waals surface area (Å²) in [6.45, 7) is 1.61. The summed E-state index contributed by atoms with van der Waals surface area (Å²) >= 11 is 5.95. The molecule has 4 heteroatoms. The van der Waals surface area contributed by atoms with Crippen LogP contribution in [0.15, 0.2) is 36.4 Å². The fourth-order valence-electron chi connectivity index (χ4n) is 2.43. The Bertz CT molecular complexity index is 664. The summed E-state index contributed by atoms with van der Waals surface area (Å²) in [6, 6.07) is 10.1. The smallest absolute Gasteiger partial charge is 0.167 e. The van der Waals surface area contributed by atoms with Gasteiger partial charge in [-0.1, -0.05) is 29.8 Å². The molecule has 1 aliphatic rings. The predicted molar refractivity (Wildman–Crippen MR) is 76.4 cm³/mol. The fraction of sp³-hybridized carbons (Fsp3) is 0.188. The van der Waals surface area contributed by atoms with E-state index in [1.807, 2.05) is 12.1 Å². The second-order valence-corrected chi connectivity index (χ2v) is 5.29. The Morgan fingerprint density at radius 2 is 2.00 bits per heavy atom. The van der Waals surface area contributed by atoms with Crippen LogP contribution in [0.4, 0.5) is 4.39 Å². The average Bonchev–Trinajstić information content (AvgIpc) is 2.90. The third kappa shape index (κ3) is 2.47. The van der Waals surface area contributed by atoms with Crippen LogP contribution >= 0.6 is 11.6 Å². The van der Waals surface area contributed by atoms with E-state index in [-0.39, 0.29) is 17.8 Å². The van der Waals surface area contributed by atoms with E-state index in [1.165, 1.54) is 17.7 Å². The second kappa shape index (κ2) is 5.35. The maximum Gasteiger partial charge on any atom is 0.167 e. The van der Waals surface area contributed by atoms with Crippen LogP contribution in [0.2, 0.25) is 5.02 Å². The Morgan fingerprint density at radius 3 is 2.80 bits per heavy atom. The number of ketones is 1. The van der Waals surface area contributed by atoms with E-state index in [9.17, 15) is 9.18 Å². The zero-order valence-corrected chi connectivity index (χ0v) is 11.5. The van der Waals surface area contributed by atoms with Gasteiger partial charge in [-0.2, -0.15) is 0 Å². The van der Waals surface area contributed by atoms with Crippen LogP contribution in [0.1, 0.15) is 27.0 Å². The van der Waals surface area contributed by atoms with Gasteiger partial charge in [-0.05, 0) is 29.3 Å². The van der Waals surface area contributed by atoms with E-state index in [1.54, 1.807) is 12.1 Å². The summed E-state index contributed by atoms with van der Waals surface area (Å²) in [4.78, 5) is 12.3. The van der Waals surface area contributed by atoms with Crippen molar-refractivity contribution in [3.63, 3.8) is 0 Å². The molecule has 0 bridgehead atoms. The zero-order valence-electron chi connectivity index (χ0n) is 10.7. The van der Waals surface area contributed by atoms with Crippen molar-refractivity contribution >= 4 is 17.4 Å². The van der Waals surface area contributed by atoms with E-state index >= 15 is 0 Å². The van der Waals surface area contributed by atoms with Gasteiger partial charge in [0.25, 0.3) is 0 Å². The number of carbonyl (C=O) groups excluding carboxylic acids is 1. The molecular formula is C16H13ClFNO. The van der Waals surface area contributed by atoms with Crippen molar-refractivity contribution in [2.45, 2.75) is 19.5 Å². The van der Waals surface area contributed by atoms with Gasteiger partial charge >= 0.3 is 0 Å². The average molecular weight is 290 g/mol. The molecule has 2 aromatic rings. The van der Waals surface area contributed by atoms with Crippen molar-refractivity contribution in [2.75, 3.05) is 0 Å². The van der Waals surface area contributed by atoms with Crippen LogP contribution in [0.3, 0.4) is 0 Å². The fourth-order valence-corrected chi connectivity index (χ4v) is 2.66. The maximum atomic E-state index is 13.7. The molecule has 0 spiro atoms. The molecule has 0 unspecified atom stereocenters. The van der Waals surface area contributed by atoms with Crippen LogP contribution in [-0.4, -0.2) is 5.78 Å². The Morgan fingerprint density at radius 1 is 1.20 bits per heavy atom. The van der Waals surface area contributed by atoms with Gasteiger partial charge in [0.05, 0.1) is 0 Å². The first-order valence-electron chi connectivity index (χ1n) is 6.44. The summed E-state index contributed by atoms with van der Waals surface area (Å²) in [6.07, 6.45) is -0.0161. The summed E-state index contributed by atoms with van der Waals surface area (Å²) < 4.78 is 13.7. The predicted octanol–water partition coefficient (Wildman–Crippen LogP) is 3.51. The van der Waals surface area contributed by atoms with E-state index in [0.29, 0.717) is 10.6 Å². The topological polar surface area (TPSA) is 29.1 Å². The number of nitrogens with one attached hydrogen (secondary N) is 1. The van der Waals surface area contributed by atoms with Crippen molar-refractivity contribution in [1.29, 1.82) is 0 Å². The SMILES string of the molecule is O=C(Cc1c(F)cccc1Cl)c1ccc2c(c1)CNC2. The van der Waals surface area contributed by atoms with E-state index in [4.69, 9.17) is 11.6 Å². The van der Waals surface area contributed by atoms with Gasteiger partial charge in [0, 0.05) is 35.7 Å². The van der Waals surface area contributed by atoms with Gasteiger partial charge in [-0.15, -0.1) is 0 Å². The first-order chi connectivity index (χ1) is 9.65. The highest BCUT2D eigenvalue weighted by atomic mass is 35.5. The summed E-state index contributed by atoms with van der Waals surface area (Å²) in [5.41, 5.74) is 3.21. The maximum absolute atomic E-state index is 13.7. The largest absolute Gasteiger partial charge is 0.309 e. The van der Waals surface area contributed by atoms with Crippen LogP contribution in [-0.2, 0) is 19.5 Å². The Balaban J connectivity index is 1.86. The lowest BCUT2D eigenvalue weighted by atomic mass is 9.99. The molecule has 0 fully saturated rings. The Labute approximate surface area is 121 Å². The lowest BCUT2D eigenvalue weighted by Crippen LogP contribution is -2.06. The molecule has 0 aliphatic carbocycles. The monoisotopic (exact) mass is 289 g/mol. The van der Waals surface area contributed by atoms with Gasteiger partial charge in [-0.25, -0.2) is 4.39 Å². The standard InChI is InChI=1S/C16H13ClFNO/c17-14-2-1-3-15(18)13(14)7-16(20)10-4-5-11-8-19-9-12(11)6-10/h1-6,19H,7-9H2. The molecule has 0 aromatic heterocycles. The zero-order chi connectivity index (χ0) is 14.1. The second-order valence-electron chi connectivity index (χ2n) is 4.89. The molecule has 2 aromatic carbocycles. The lowest BCUT2D eigenvalue weighted by molar-refractivity contribution is 0.0991. The molecule has 0 amide bonds. The molecule has 3 rings (SSSR count). The van der Waals surface area contributed by atoms with Crippen molar-refractivity contribution < 1.29 is 9.18 Å². The minimum absolute atomic E-state index is 0.0161. The molecule has 2 nitrogen and oxygen atoms in total. The minimum atomic E-state index is -0.436. The molecule has 20 heavy (non-hydrogen) atoms. The number of benzene rings is 2. The normalized spacial score (nSPS) is 13.3. The molecule has 102 valence electrons. The highest BCUT2D eigenvalue weighted by Crippen LogP contribution is 2.22. The van der Waals surface area contributed by atoms with Crippen molar-refractivity contribution in [3.8, 4) is 0 Å². The van der Waals surface area contributed by atoms with Crippen LogP contribution < -0.4 is 5.32 Å².